The van der Waals surface area contributed by atoms with Gasteiger partial charge in [0.25, 0.3) is 0 Å². The van der Waals surface area contributed by atoms with E-state index in [-0.39, 0.29) is 16.9 Å². The van der Waals surface area contributed by atoms with Crippen molar-refractivity contribution in [2.24, 2.45) is 12.5 Å². The van der Waals surface area contributed by atoms with E-state index in [1.54, 1.807) is 27.4 Å². The lowest BCUT2D eigenvalue weighted by Crippen LogP contribution is -2.48. The zero-order valence-electron chi connectivity index (χ0n) is 20.8. The van der Waals surface area contributed by atoms with E-state index < -0.39 is 10.0 Å². The van der Waals surface area contributed by atoms with Gasteiger partial charge in [0.2, 0.25) is 10.0 Å². The van der Waals surface area contributed by atoms with Crippen LogP contribution in [0.1, 0.15) is 33.3 Å². The van der Waals surface area contributed by atoms with Gasteiger partial charge in [0, 0.05) is 51.9 Å². The van der Waals surface area contributed by atoms with Crippen molar-refractivity contribution in [3.05, 3.63) is 52.4 Å². The van der Waals surface area contributed by atoms with Crippen molar-refractivity contribution in [3.63, 3.8) is 0 Å². The second kappa shape index (κ2) is 9.28. The summed E-state index contributed by atoms with van der Waals surface area (Å²) in [6.07, 6.45) is 0. The molecule has 0 saturated carbocycles. The molecule has 1 aliphatic heterocycles. The van der Waals surface area contributed by atoms with Gasteiger partial charge >= 0.3 is 5.69 Å². The van der Waals surface area contributed by atoms with E-state index in [4.69, 9.17) is 4.98 Å². The molecule has 2 aromatic heterocycles. The van der Waals surface area contributed by atoms with Crippen LogP contribution in [0.2, 0.25) is 0 Å². The van der Waals surface area contributed by atoms with Crippen molar-refractivity contribution in [2.75, 3.05) is 31.9 Å². The summed E-state index contributed by atoms with van der Waals surface area (Å²) in [6, 6.07) is 12.3. The molecule has 3 heterocycles. The molecule has 8 nitrogen and oxygen atoms in total. The highest BCUT2D eigenvalue weighted by atomic mass is 32.2. The highest BCUT2D eigenvalue weighted by molar-refractivity contribution is 7.89. The molecular weight excluding hydrogens is 450 g/mol. The second-order valence-corrected chi connectivity index (χ2v) is 12.6. The molecule has 0 spiro atoms. The summed E-state index contributed by atoms with van der Waals surface area (Å²) in [5.74, 6) is 0.150. The molecule has 1 aromatic carbocycles. The van der Waals surface area contributed by atoms with E-state index >= 15 is 0 Å². The van der Waals surface area contributed by atoms with Gasteiger partial charge in [-0.15, -0.1) is 0 Å². The highest BCUT2D eigenvalue weighted by Crippen LogP contribution is 2.24. The van der Waals surface area contributed by atoms with E-state index in [1.165, 1.54) is 0 Å². The van der Waals surface area contributed by atoms with Gasteiger partial charge in [0.05, 0.1) is 17.0 Å². The Labute approximate surface area is 201 Å². The Morgan fingerprint density at radius 1 is 1.03 bits per heavy atom. The van der Waals surface area contributed by atoms with Crippen molar-refractivity contribution < 1.29 is 8.42 Å². The first kappa shape index (κ1) is 24.6. The summed E-state index contributed by atoms with van der Waals surface area (Å²) in [4.78, 5) is 20.0. The number of benzene rings is 1. The third-order valence-corrected chi connectivity index (χ3v) is 8.21. The number of aryl methyl sites for hydroxylation is 1. The van der Waals surface area contributed by atoms with Crippen molar-refractivity contribution in [1.29, 1.82) is 0 Å². The van der Waals surface area contributed by atoms with E-state index in [2.05, 4.69) is 37.8 Å². The van der Waals surface area contributed by atoms with Gasteiger partial charge < -0.3 is 0 Å². The number of hydrogen-bond acceptors (Lipinski definition) is 5. The molecule has 1 aliphatic rings. The number of pyridine rings is 1. The largest absolute Gasteiger partial charge is 0.330 e. The van der Waals surface area contributed by atoms with Gasteiger partial charge in [0.1, 0.15) is 0 Å². The third kappa shape index (κ3) is 5.11. The third-order valence-electron chi connectivity index (χ3n) is 6.33. The van der Waals surface area contributed by atoms with E-state index in [0.29, 0.717) is 25.3 Å². The summed E-state index contributed by atoms with van der Waals surface area (Å²) in [6.45, 7) is 11.9. The van der Waals surface area contributed by atoms with Gasteiger partial charge in [-0.1, -0.05) is 39.0 Å². The smallest absolute Gasteiger partial charge is 0.296 e. The van der Waals surface area contributed by atoms with E-state index in [9.17, 15) is 13.2 Å². The Morgan fingerprint density at radius 2 is 1.74 bits per heavy atom. The number of hydrogen-bond donors (Lipinski definition) is 0. The quantitative estimate of drug-likeness (QED) is 0.536. The van der Waals surface area contributed by atoms with E-state index in [0.717, 1.165) is 42.0 Å². The molecule has 3 aromatic rings. The van der Waals surface area contributed by atoms with Crippen LogP contribution < -0.4 is 5.69 Å². The van der Waals surface area contributed by atoms with Gasteiger partial charge in [-0.25, -0.2) is 18.2 Å². The summed E-state index contributed by atoms with van der Waals surface area (Å²) in [5, 5.41) is 0. The molecule has 4 rings (SSSR count). The van der Waals surface area contributed by atoms with Crippen LogP contribution in [0.15, 0.2) is 41.2 Å². The maximum Gasteiger partial charge on any atom is 0.330 e. The Bertz CT molecular complexity index is 1340. The summed E-state index contributed by atoms with van der Waals surface area (Å²) >= 11 is 0. The fourth-order valence-electron chi connectivity index (χ4n) is 4.50. The maximum atomic E-state index is 12.8. The molecule has 0 aliphatic carbocycles. The Balaban J connectivity index is 1.54. The molecule has 0 amide bonds. The number of imidazole rings is 1. The Morgan fingerprint density at radius 3 is 2.38 bits per heavy atom. The number of sulfonamides is 1. The molecule has 34 heavy (non-hydrogen) atoms. The lowest BCUT2D eigenvalue weighted by Gasteiger charge is -2.33. The van der Waals surface area contributed by atoms with Gasteiger partial charge in [0.15, 0.2) is 5.65 Å². The molecule has 0 atom stereocenters. The minimum Gasteiger partial charge on any atom is -0.296 e. The van der Waals surface area contributed by atoms with Crippen LogP contribution in [-0.2, 0) is 30.2 Å². The molecule has 184 valence electrons. The number of aromatic nitrogens is 3. The van der Waals surface area contributed by atoms with Crippen LogP contribution in [0.4, 0.5) is 0 Å². The van der Waals surface area contributed by atoms with Gasteiger partial charge in [-0.3, -0.25) is 14.0 Å². The monoisotopic (exact) mass is 485 g/mol. The lowest BCUT2D eigenvalue weighted by molar-refractivity contribution is 0.182. The normalized spacial score (nSPS) is 16.4. The summed E-state index contributed by atoms with van der Waals surface area (Å²) < 4.78 is 29.2. The van der Waals surface area contributed by atoms with Gasteiger partial charge in [-0.2, -0.15) is 4.31 Å². The lowest BCUT2D eigenvalue weighted by atomic mass is 9.97. The number of piperazine rings is 1. The summed E-state index contributed by atoms with van der Waals surface area (Å²) in [5.41, 5.74) is 4.46. The van der Waals surface area contributed by atoms with Crippen molar-refractivity contribution in [3.8, 4) is 11.3 Å². The van der Waals surface area contributed by atoms with E-state index in [1.807, 2.05) is 24.3 Å². The molecule has 0 N–H and O–H groups in total. The number of rotatable bonds is 6. The first-order chi connectivity index (χ1) is 16.0. The molecule has 1 fully saturated rings. The average molecular weight is 486 g/mol. The highest BCUT2D eigenvalue weighted by Gasteiger charge is 2.25. The fourth-order valence-corrected chi connectivity index (χ4v) is 5.58. The maximum absolute atomic E-state index is 12.8. The minimum absolute atomic E-state index is 0.0165. The predicted molar refractivity (Wildman–Crippen MR) is 136 cm³/mol. The van der Waals surface area contributed by atoms with Crippen LogP contribution in [0.25, 0.3) is 22.4 Å². The second-order valence-electron chi connectivity index (χ2n) is 10.3. The fraction of sp³-hybridized carbons (Fsp3) is 0.520. The van der Waals surface area contributed by atoms with Crippen molar-refractivity contribution in [2.45, 2.75) is 40.8 Å². The SMILES string of the molecule is CCS(=O)(=O)N1CCN(Cc2cccc(-c3ccc4c(n3)n(C)c(=O)n4CC(C)(C)C)c2)CC1. The topological polar surface area (TPSA) is 80.4 Å². The molecule has 9 heteroatoms. The molecule has 1 saturated heterocycles. The average Bonchev–Trinajstić information content (AvgIpc) is 3.03. The first-order valence-corrected chi connectivity index (χ1v) is 13.5. The zero-order valence-corrected chi connectivity index (χ0v) is 21.6. The van der Waals surface area contributed by atoms with Crippen LogP contribution >= 0.6 is 0 Å². The summed E-state index contributed by atoms with van der Waals surface area (Å²) in [7, 11) is -1.35. The minimum atomic E-state index is -3.12. The molecule has 0 bridgehead atoms. The van der Waals surface area contributed by atoms with Crippen LogP contribution in [0, 0.1) is 5.41 Å². The Kier molecular flexibility index (Phi) is 6.72. The standard InChI is InChI=1S/C25H35N5O3S/c1-6-34(32,33)29-14-12-28(13-15-29)17-19-8-7-9-20(16-19)21-10-11-22-23(26-21)27(5)24(31)30(22)18-25(2,3)4/h7-11,16H,6,12-15,17-18H2,1-5H3. The molecular formula is C25H35N5O3S. The number of nitrogens with zero attached hydrogens (tertiary/aromatic N) is 5. The van der Waals surface area contributed by atoms with Gasteiger partial charge in [-0.05, 0) is 36.1 Å². The van der Waals surface area contributed by atoms with Crippen molar-refractivity contribution >= 4 is 21.2 Å². The van der Waals surface area contributed by atoms with Crippen LogP contribution in [0.3, 0.4) is 0 Å². The predicted octanol–water partition coefficient (Wildman–Crippen LogP) is 2.92. The zero-order chi connectivity index (χ0) is 24.7. The Hall–Kier alpha value is -2.49. The molecule has 0 unspecified atom stereocenters. The first-order valence-electron chi connectivity index (χ1n) is 11.8. The van der Waals surface area contributed by atoms with Crippen LogP contribution in [-0.4, -0.2) is 63.7 Å². The number of fused-ring (bicyclic) bond motifs is 1. The molecule has 0 radical (unpaired) electrons. The van der Waals surface area contributed by atoms with Crippen molar-refractivity contribution in [1.82, 2.24) is 23.3 Å². The van der Waals surface area contributed by atoms with Crippen LogP contribution in [0.5, 0.6) is 0 Å².